The van der Waals surface area contributed by atoms with Crippen molar-refractivity contribution in [2.24, 2.45) is 5.73 Å². The zero-order valence-corrected chi connectivity index (χ0v) is 10.2. The molecule has 0 saturated heterocycles. The first kappa shape index (κ1) is 11.6. The van der Waals surface area contributed by atoms with Crippen molar-refractivity contribution in [3.63, 3.8) is 0 Å². The molecule has 2 nitrogen and oxygen atoms in total. The van der Waals surface area contributed by atoms with E-state index in [1.807, 2.05) is 0 Å². The van der Waals surface area contributed by atoms with Crippen LogP contribution in [0.2, 0.25) is 0 Å². The Balaban J connectivity index is 1.97. The number of aryl methyl sites for hydroxylation is 1. The van der Waals surface area contributed by atoms with Crippen molar-refractivity contribution in [2.75, 3.05) is 20.1 Å². The van der Waals surface area contributed by atoms with Gasteiger partial charge in [-0.3, -0.25) is 0 Å². The van der Waals surface area contributed by atoms with Crippen LogP contribution in [0, 0.1) is 0 Å². The minimum Gasteiger partial charge on any atom is -0.330 e. The van der Waals surface area contributed by atoms with Crippen molar-refractivity contribution in [3.05, 3.63) is 35.4 Å². The van der Waals surface area contributed by atoms with Gasteiger partial charge in [-0.05, 0) is 56.9 Å². The second-order valence-electron chi connectivity index (χ2n) is 4.79. The lowest BCUT2D eigenvalue weighted by molar-refractivity contribution is 0.220. The molecule has 0 aliphatic heterocycles. The highest BCUT2D eigenvalue weighted by Gasteiger charge is 2.20. The third kappa shape index (κ3) is 2.63. The molecule has 0 saturated carbocycles. The molecule has 1 aliphatic carbocycles. The van der Waals surface area contributed by atoms with E-state index >= 15 is 0 Å². The van der Waals surface area contributed by atoms with E-state index < -0.39 is 0 Å². The number of hydrogen-bond donors (Lipinski definition) is 1. The number of hydrogen-bond acceptors (Lipinski definition) is 2. The molecule has 0 spiro atoms. The van der Waals surface area contributed by atoms with Crippen molar-refractivity contribution in [1.29, 1.82) is 0 Å². The van der Waals surface area contributed by atoms with E-state index in [1.165, 1.54) is 19.3 Å². The normalized spacial score (nSPS) is 19.8. The molecule has 1 aliphatic rings. The summed E-state index contributed by atoms with van der Waals surface area (Å²) in [5, 5.41) is 0. The van der Waals surface area contributed by atoms with Gasteiger partial charge < -0.3 is 10.6 Å². The highest BCUT2D eigenvalue weighted by Crippen LogP contribution is 2.23. The van der Waals surface area contributed by atoms with Crippen molar-refractivity contribution in [1.82, 2.24) is 4.90 Å². The molecular weight excluding hydrogens is 196 g/mol. The Morgan fingerprint density at radius 2 is 2.06 bits per heavy atom. The van der Waals surface area contributed by atoms with Gasteiger partial charge in [-0.25, -0.2) is 0 Å². The molecule has 1 aromatic carbocycles. The van der Waals surface area contributed by atoms with Crippen LogP contribution in [0.1, 0.15) is 24.0 Å². The molecular formula is C14H22N2. The zero-order valence-electron chi connectivity index (χ0n) is 10.2. The lowest BCUT2D eigenvalue weighted by Gasteiger charge is -2.32. The van der Waals surface area contributed by atoms with E-state index in [4.69, 9.17) is 5.73 Å². The molecule has 1 unspecified atom stereocenters. The summed E-state index contributed by atoms with van der Waals surface area (Å²) in [6.45, 7) is 1.93. The number of likely N-dealkylation sites (N-methyl/N-ethyl adjacent to an activating group) is 1. The van der Waals surface area contributed by atoms with Crippen LogP contribution in [0.4, 0.5) is 0 Å². The first-order valence-corrected chi connectivity index (χ1v) is 6.28. The Labute approximate surface area is 98.4 Å². The molecule has 88 valence electrons. The van der Waals surface area contributed by atoms with Crippen LogP contribution in [-0.2, 0) is 12.8 Å². The molecule has 2 heteroatoms. The minimum absolute atomic E-state index is 0.710. The summed E-state index contributed by atoms with van der Waals surface area (Å²) in [5.74, 6) is 0. The molecule has 2 N–H and O–H groups in total. The van der Waals surface area contributed by atoms with Gasteiger partial charge in [-0.2, -0.15) is 0 Å². The zero-order chi connectivity index (χ0) is 11.4. The van der Waals surface area contributed by atoms with E-state index in [1.54, 1.807) is 11.1 Å². The average Bonchev–Trinajstić information content (AvgIpc) is 2.35. The summed E-state index contributed by atoms with van der Waals surface area (Å²) < 4.78 is 0. The monoisotopic (exact) mass is 218 g/mol. The van der Waals surface area contributed by atoms with Crippen molar-refractivity contribution < 1.29 is 0 Å². The van der Waals surface area contributed by atoms with Crippen molar-refractivity contribution >= 4 is 0 Å². The van der Waals surface area contributed by atoms with Crippen LogP contribution in [0.3, 0.4) is 0 Å². The molecule has 0 radical (unpaired) electrons. The Morgan fingerprint density at radius 3 is 2.81 bits per heavy atom. The van der Waals surface area contributed by atoms with Gasteiger partial charge in [0.25, 0.3) is 0 Å². The molecule has 0 bridgehead atoms. The number of nitrogens with two attached hydrogens (primary N) is 1. The van der Waals surface area contributed by atoms with Gasteiger partial charge >= 0.3 is 0 Å². The Morgan fingerprint density at radius 1 is 1.31 bits per heavy atom. The first-order chi connectivity index (χ1) is 7.81. The van der Waals surface area contributed by atoms with Gasteiger partial charge in [0.1, 0.15) is 0 Å². The molecule has 1 aromatic rings. The molecule has 0 aromatic heterocycles. The number of nitrogens with zero attached hydrogens (tertiary/aromatic N) is 1. The van der Waals surface area contributed by atoms with Gasteiger partial charge in [-0.15, -0.1) is 0 Å². The Hall–Kier alpha value is -0.860. The standard InChI is InChI=1S/C14H22N2/c1-16(10-4-9-15)14-8-7-12-5-2-3-6-13(12)11-14/h2-3,5-6,14H,4,7-11,15H2,1H3. The highest BCUT2D eigenvalue weighted by atomic mass is 15.1. The summed E-state index contributed by atoms with van der Waals surface area (Å²) in [6.07, 6.45) is 4.83. The fourth-order valence-corrected chi connectivity index (χ4v) is 2.58. The Kier molecular flexibility index (Phi) is 3.97. The maximum Gasteiger partial charge on any atom is 0.0136 e. The number of rotatable bonds is 4. The van der Waals surface area contributed by atoms with E-state index in [0.717, 1.165) is 19.5 Å². The quantitative estimate of drug-likeness (QED) is 0.835. The number of fused-ring (bicyclic) bond motifs is 1. The lowest BCUT2D eigenvalue weighted by atomic mass is 9.87. The molecule has 0 amide bonds. The molecule has 16 heavy (non-hydrogen) atoms. The molecule has 2 rings (SSSR count). The van der Waals surface area contributed by atoms with E-state index in [2.05, 4.69) is 36.2 Å². The van der Waals surface area contributed by atoms with Crippen LogP contribution < -0.4 is 5.73 Å². The SMILES string of the molecule is CN(CCCN)C1CCc2ccccc2C1. The van der Waals surface area contributed by atoms with Crippen LogP contribution >= 0.6 is 0 Å². The van der Waals surface area contributed by atoms with E-state index in [9.17, 15) is 0 Å². The van der Waals surface area contributed by atoms with Crippen LogP contribution in [0.25, 0.3) is 0 Å². The van der Waals surface area contributed by atoms with Crippen LogP contribution in [0.15, 0.2) is 24.3 Å². The number of benzene rings is 1. The predicted molar refractivity (Wildman–Crippen MR) is 68.6 cm³/mol. The first-order valence-electron chi connectivity index (χ1n) is 6.28. The average molecular weight is 218 g/mol. The summed E-state index contributed by atoms with van der Waals surface area (Å²) in [5.41, 5.74) is 8.64. The summed E-state index contributed by atoms with van der Waals surface area (Å²) in [6, 6.07) is 9.56. The minimum atomic E-state index is 0.710. The lowest BCUT2D eigenvalue weighted by Crippen LogP contribution is -2.37. The van der Waals surface area contributed by atoms with Gasteiger partial charge in [0.2, 0.25) is 0 Å². The maximum absolute atomic E-state index is 5.56. The van der Waals surface area contributed by atoms with Crippen LogP contribution in [0.5, 0.6) is 0 Å². The van der Waals surface area contributed by atoms with E-state index in [0.29, 0.717) is 6.04 Å². The van der Waals surface area contributed by atoms with Crippen molar-refractivity contribution in [3.8, 4) is 0 Å². The second-order valence-corrected chi connectivity index (χ2v) is 4.79. The third-order valence-electron chi connectivity index (χ3n) is 3.66. The van der Waals surface area contributed by atoms with E-state index in [-0.39, 0.29) is 0 Å². The van der Waals surface area contributed by atoms with Gasteiger partial charge in [0.05, 0.1) is 0 Å². The third-order valence-corrected chi connectivity index (χ3v) is 3.66. The molecule has 1 atom stereocenters. The molecule has 0 fully saturated rings. The topological polar surface area (TPSA) is 29.3 Å². The summed E-state index contributed by atoms with van der Waals surface area (Å²) in [7, 11) is 2.23. The van der Waals surface area contributed by atoms with Gasteiger partial charge in [0.15, 0.2) is 0 Å². The second kappa shape index (κ2) is 5.46. The summed E-state index contributed by atoms with van der Waals surface area (Å²) >= 11 is 0. The van der Waals surface area contributed by atoms with Gasteiger partial charge in [-0.1, -0.05) is 24.3 Å². The summed E-state index contributed by atoms with van der Waals surface area (Å²) in [4.78, 5) is 2.48. The fraction of sp³-hybridized carbons (Fsp3) is 0.571. The predicted octanol–water partition coefficient (Wildman–Crippen LogP) is 1.82. The largest absolute Gasteiger partial charge is 0.330 e. The maximum atomic E-state index is 5.56. The fourth-order valence-electron chi connectivity index (χ4n) is 2.58. The molecule has 0 heterocycles. The Bertz CT molecular complexity index is 335. The smallest absolute Gasteiger partial charge is 0.0136 e. The highest BCUT2D eigenvalue weighted by molar-refractivity contribution is 5.30. The van der Waals surface area contributed by atoms with Crippen LogP contribution in [-0.4, -0.2) is 31.1 Å². The van der Waals surface area contributed by atoms with Gasteiger partial charge in [0, 0.05) is 6.04 Å². The van der Waals surface area contributed by atoms with Crippen molar-refractivity contribution in [2.45, 2.75) is 31.7 Å².